The van der Waals surface area contributed by atoms with Crippen LogP contribution in [0.1, 0.15) is 37.6 Å². The summed E-state index contributed by atoms with van der Waals surface area (Å²) in [5.74, 6) is 1.63. The minimum absolute atomic E-state index is 0.130. The minimum atomic E-state index is 0.130. The Bertz CT molecular complexity index is 588. The molecule has 1 aromatic carbocycles. The molecule has 3 nitrogen and oxygen atoms in total. The van der Waals surface area contributed by atoms with E-state index < -0.39 is 0 Å². The van der Waals surface area contributed by atoms with Gasteiger partial charge in [0.1, 0.15) is 5.75 Å². The van der Waals surface area contributed by atoms with Gasteiger partial charge in [-0.1, -0.05) is 32.9 Å². The molecule has 20 heavy (non-hydrogen) atoms. The van der Waals surface area contributed by atoms with Crippen LogP contribution in [-0.2, 0) is 11.3 Å². The van der Waals surface area contributed by atoms with Gasteiger partial charge in [-0.25, -0.2) is 4.98 Å². The van der Waals surface area contributed by atoms with Gasteiger partial charge < -0.3 is 4.74 Å². The van der Waals surface area contributed by atoms with Gasteiger partial charge in [0.15, 0.2) is 0 Å². The Morgan fingerprint density at radius 3 is 2.40 bits per heavy atom. The second-order valence-corrected chi connectivity index (χ2v) is 6.08. The van der Waals surface area contributed by atoms with E-state index in [1.54, 1.807) is 12.4 Å². The van der Waals surface area contributed by atoms with E-state index >= 15 is 0 Å². The zero-order valence-corrected chi connectivity index (χ0v) is 13.0. The van der Waals surface area contributed by atoms with Gasteiger partial charge in [-0.2, -0.15) is 0 Å². The van der Waals surface area contributed by atoms with Gasteiger partial charge in [0.05, 0.1) is 24.0 Å². The molecule has 106 valence electrons. The fourth-order valence-electron chi connectivity index (χ4n) is 1.81. The molecule has 0 aliphatic heterocycles. The van der Waals surface area contributed by atoms with E-state index in [1.807, 2.05) is 13.0 Å². The first kappa shape index (κ1) is 14.8. The lowest BCUT2D eigenvalue weighted by Crippen LogP contribution is -2.11. The topological polar surface area (TPSA) is 35.0 Å². The summed E-state index contributed by atoms with van der Waals surface area (Å²) in [5.41, 5.74) is 3.23. The van der Waals surface area contributed by atoms with Crippen molar-refractivity contribution in [1.29, 1.82) is 0 Å². The number of aryl methyl sites for hydroxylation is 1. The Balaban J connectivity index is 2.21. The van der Waals surface area contributed by atoms with E-state index in [0.717, 1.165) is 17.0 Å². The summed E-state index contributed by atoms with van der Waals surface area (Å²) < 4.78 is 5.76. The van der Waals surface area contributed by atoms with E-state index in [-0.39, 0.29) is 5.41 Å². The molecule has 0 amide bonds. The van der Waals surface area contributed by atoms with Crippen LogP contribution >= 0.6 is 11.6 Å². The number of ether oxygens (including phenoxy) is 1. The molecule has 0 fully saturated rings. The highest BCUT2D eigenvalue weighted by atomic mass is 35.5. The molecule has 1 heterocycles. The average Bonchev–Trinajstić information content (AvgIpc) is 2.41. The Morgan fingerprint density at radius 1 is 1.15 bits per heavy atom. The Labute approximate surface area is 125 Å². The SMILES string of the molecule is Cc1cc(C(C)(C)C)ccc1Oc1cnc(CCl)cn1. The van der Waals surface area contributed by atoms with Crippen molar-refractivity contribution in [2.45, 2.75) is 39.0 Å². The summed E-state index contributed by atoms with van der Waals surface area (Å²) in [6, 6.07) is 6.21. The first-order chi connectivity index (χ1) is 9.40. The molecule has 1 aromatic heterocycles. The zero-order valence-electron chi connectivity index (χ0n) is 12.3. The van der Waals surface area contributed by atoms with Crippen molar-refractivity contribution in [3.05, 3.63) is 47.4 Å². The number of rotatable bonds is 3. The van der Waals surface area contributed by atoms with Gasteiger partial charge in [-0.3, -0.25) is 4.98 Å². The van der Waals surface area contributed by atoms with Gasteiger partial charge >= 0.3 is 0 Å². The number of hydrogen-bond acceptors (Lipinski definition) is 3. The second kappa shape index (κ2) is 5.80. The third-order valence-electron chi connectivity index (χ3n) is 3.07. The number of nitrogens with zero attached hydrogens (tertiary/aromatic N) is 2. The van der Waals surface area contributed by atoms with Crippen LogP contribution < -0.4 is 4.74 Å². The summed E-state index contributed by atoms with van der Waals surface area (Å²) in [6.07, 6.45) is 3.22. The van der Waals surface area contributed by atoms with E-state index in [2.05, 4.69) is 42.9 Å². The maximum Gasteiger partial charge on any atom is 0.237 e. The first-order valence-corrected chi connectivity index (χ1v) is 7.09. The number of aromatic nitrogens is 2. The fourth-order valence-corrected chi connectivity index (χ4v) is 1.95. The minimum Gasteiger partial charge on any atom is -0.437 e. The van der Waals surface area contributed by atoms with Gasteiger partial charge in [-0.05, 0) is 29.5 Å². The van der Waals surface area contributed by atoms with Crippen molar-refractivity contribution >= 4 is 11.6 Å². The molecule has 0 N–H and O–H groups in total. The Kier molecular flexibility index (Phi) is 4.29. The van der Waals surface area contributed by atoms with Gasteiger partial charge in [0, 0.05) is 0 Å². The lowest BCUT2D eigenvalue weighted by atomic mass is 9.86. The maximum atomic E-state index is 5.76. The molecule has 2 aromatic rings. The highest BCUT2D eigenvalue weighted by Gasteiger charge is 2.15. The standard InChI is InChI=1S/C16H19ClN2O/c1-11-7-12(16(2,3)4)5-6-14(11)20-15-10-18-13(8-17)9-19-15/h5-7,9-10H,8H2,1-4H3. The number of benzene rings is 1. The van der Waals surface area contributed by atoms with Crippen LogP contribution in [-0.4, -0.2) is 9.97 Å². The molecule has 4 heteroatoms. The lowest BCUT2D eigenvalue weighted by Gasteiger charge is -2.20. The Hall–Kier alpha value is -1.61. The van der Waals surface area contributed by atoms with E-state index in [9.17, 15) is 0 Å². The molecular formula is C16H19ClN2O. The third kappa shape index (κ3) is 3.48. The number of halogens is 1. The average molecular weight is 291 g/mol. The highest BCUT2D eigenvalue weighted by Crippen LogP contribution is 2.29. The first-order valence-electron chi connectivity index (χ1n) is 6.56. The zero-order chi connectivity index (χ0) is 14.8. The van der Waals surface area contributed by atoms with E-state index in [0.29, 0.717) is 11.8 Å². The second-order valence-electron chi connectivity index (χ2n) is 5.81. The quantitative estimate of drug-likeness (QED) is 0.774. The molecule has 0 saturated carbocycles. The predicted molar refractivity (Wildman–Crippen MR) is 81.5 cm³/mol. The molecular weight excluding hydrogens is 272 g/mol. The molecule has 0 saturated heterocycles. The van der Waals surface area contributed by atoms with Crippen molar-refractivity contribution in [3.8, 4) is 11.6 Å². The molecule has 0 unspecified atom stereocenters. The fraction of sp³-hybridized carbons (Fsp3) is 0.375. The van der Waals surface area contributed by atoms with Gasteiger partial charge in [0.2, 0.25) is 5.88 Å². The molecule has 0 radical (unpaired) electrons. The van der Waals surface area contributed by atoms with Crippen LogP contribution in [0.25, 0.3) is 0 Å². The molecule has 0 atom stereocenters. The molecule has 2 rings (SSSR count). The molecule has 0 aliphatic rings. The number of hydrogen-bond donors (Lipinski definition) is 0. The summed E-state index contributed by atoms with van der Waals surface area (Å²) in [7, 11) is 0. The summed E-state index contributed by atoms with van der Waals surface area (Å²) in [4.78, 5) is 8.35. The van der Waals surface area contributed by atoms with Crippen molar-refractivity contribution in [3.63, 3.8) is 0 Å². The van der Waals surface area contributed by atoms with Crippen LogP contribution in [0.2, 0.25) is 0 Å². The largest absolute Gasteiger partial charge is 0.437 e. The third-order valence-corrected chi connectivity index (χ3v) is 3.35. The highest BCUT2D eigenvalue weighted by molar-refractivity contribution is 6.16. The van der Waals surface area contributed by atoms with Crippen LogP contribution in [0.4, 0.5) is 0 Å². The van der Waals surface area contributed by atoms with E-state index in [4.69, 9.17) is 16.3 Å². The van der Waals surface area contributed by atoms with Crippen LogP contribution in [0.15, 0.2) is 30.6 Å². The van der Waals surface area contributed by atoms with Crippen molar-refractivity contribution in [2.24, 2.45) is 0 Å². The molecule has 0 spiro atoms. The summed E-state index contributed by atoms with van der Waals surface area (Å²) in [6.45, 7) is 8.61. The van der Waals surface area contributed by atoms with Crippen molar-refractivity contribution in [1.82, 2.24) is 9.97 Å². The monoisotopic (exact) mass is 290 g/mol. The van der Waals surface area contributed by atoms with Crippen LogP contribution in [0, 0.1) is 6.92 Å². The van der Waals surface area contributed by atoms with Crippen LogP contribution in [0.5, 0.6) is 11.6 Å². The normalized spacial score (nSPS) is 11.4. The van der Waals surface area contributed by atoms with Gasteiger partial charge in [0.25, 0.3) is 0 Å². The smallest absolute Gasteiger partial charge is 0.237 e. The van der Waals surface area contributed by atoms with Crippen LogP contribution in [0.3, 0.4) is 0 Å². The van der Waals surface area contributed by atoms with Gasteiger partial charge in [-0.15, -0.1) is 11.6 Å². The summed E-state index contributed by atoms with van der Waals surface area (Å²) >= 11 is 5.68. The summed E-state index contributed by atoms with van der Waals surface area (Å²) in [5, 5.41) is 0. The van der Waals surface area contributed by atoms with Crippen molar-refractivity contribution < 1.29 is 4.74 Å². The number of alkyl halides is 1. The molecule has 0 aliphatic carbocycles. The maximum absolute atomic E-state index is 5.76. The predicted octanol–water partition coefficient (Wildman–Crippen LogP) is 4.61. The molecule has 0 bridgehead atoms. The lowest BCUT2D eigenvalue weighted by molar-refractivity contribution is 0.455. The van der Waals surface area contributed by atoms with Crippen molar-refractivity contribution in [2.75, 3.05) is 0 Å². The Morgan fingerprint density at radius 2 is 1.90 bits per heavy atom. The van der Waals surface area contributed by atoms with E-state index in [1.165, 1.54) is 5.56 Å².